The molecule has 2 rings (SSSR count). The third-order valence-corrected chi connectivity index (χ3v) is 4.22. The highest BCUT2D eigenvalue weighted by Gasteiger charge is 2.19. The Labute approximate surface area is 115 Å². The number of nitrogens with zero attached hydrogens (tertiary/aromatic N) is 3. The van der Waals surface area contributed by atoms with Crippen LogP contribution in [0.2, 0.25) is 0 Å². The number of aryl methyl sites for hydroxylation is 2. The Bertz CT molecular complexity index is 469. The summed E-state index contributed by atoms with van der Waals surface area (Å²) >= 11 is 0. The van der Waals surface area contributed by atoms with Crippen LogP contribution in [0.5, 0.6) is 0 Å². The number of nitrogens with one attached hydrogen (secondary N) is 1. The summed E-state index contributed by atoms with van der Waals surface area (Å²) in [5.41, 5.74) is 1.48. The maximum absolute atomic E-state index is 9.15. The summed E-state index contributed by atoms with van der Waals surface area (Å²) in [4.78, 5) is 0. The zero-order valence-corrected chi connectivity index (χ0v) is 12.2. The Kier molecular flexibility index (Phi) is 4.47. The average molecular weight is 260 g/mol. The average Bonchev–Trinajstić information content (AvgIpc) is 2.64. The molecule has 1 fully saturated rings. The fourth-order valence-electron chi connectivity index (χ4n) is 3.21. The monoisotopic (exact) mass is 260 g/mol. The van der Waals surface area contributed by atoms with E-state index in [9.17, 15) is 0 Å². The number of hydrogen-bond acceptors (Lipinski definition) is 3. The Hall–Kier alpha value is -1.50. The SMILES string of the molecule is Cc1nn(C)c(NCCC2CCCC(C)C2)c1C#N. The number of anilines is 1. The van der Waals surface area contributed by atoms with Gasteiger partial charge < -0.3 is 5.32 Å². The first kappa shape index (κ1) is 13.9. The van der Waals surface area contributed by atoms with Gasteiger partial charge in [-0.2, -0.15) is 10.4 Å². The highest BCUT2D eigenvalue weighted by Crippen LogP contribution is 2.30. The van der Waals surface area contributed by atoms with E-state index in [4.69, 9.17) is 5.26 Å². The minimum absolute atomic E-state index is 0.680. The standard InChI is InChI=1S/C15H24N4/c1-11-5-4-6-13(9-11)7-8-17-15-14(10-16)12(2)18-19(15)3/h11,13,17H,4-9H2,1-3H3. The third kappa shape index (κ3) is 3.28. The molecule has 0 saturated heterocycles. The lowest BCUT2D eigenvalue weighted by atomic mass is 9.81. The fraction of sp³-hybridized carbons (Fsp3) is 0.733. The van der Waals surface area contributed by atoms with Gasteiger partial charge in [0, 0.05) is 13.6 Å². The smallest absolute Gasteiger partial charge is 0.142 e. The van der Waals surface area contributed by atoms with Crippen LogP contribution in [-0.2, 0) is 7.05 Å². The van der Waals surface area contributed by atoms with Gasteiger partial charge in [0.25, 0.3) is 0 Å². The minimum atomic E-state index is 0.680. The normalized spacial score (nSPS) is 23.1. The van der Waals surface area contributed by atoms with Crippen LogP contribution >= 0.6 is 0 Å². The van der Waals surface area contributed by atoms with E-state index in [1.807, 2.05) is 14.0 Å². The quantitative estimate of drug-likeness (QED) is 0.904. The molecule has 4 heteroatoms. The second kappa shape index (κ2) is 6.10. The van der Waals surface area contributed by atoms with E-state index in [1.54, 1.807) is 4.68 Å². The van der Waals surface area contributed by atoms with Gasteiger partial charge in [0.1, 0.15) is 17.5 Å². The lowest BCUT2D eigenvalue weighted by molar-refractivity contribution is 0.274. The molecule has 19 heavy (non-hydrogen) atoms. The van der Waals surface area contributed by atoms with Crippen molar-refractivity contribution in [2.24, 2.45) is 18.9 Å². The first-order valence-corrected chi connectivity index (χ1v) is 7.29. The molecule has 0 aliphatic heterocycles. The summed E-state index contributed by atoms with van der Waals surface area (Å²) in [5.74, 6) is 2.59. The van der Waals surface area contributed by atoms with E-state index in [-0.39, 0.29) is 0 Å². The van der Waals surface area contributed by atoms with Crippen molar-refractivity contribution in [2.45, 2.75) is 46.0 Å². The Morgan fingerprint density at radius 2 is 2.26 bits per heavy atom. The molecule has 104 valence electrons. The number of nitriles is 1. The molecule has 0 spiro atoms. The highest BCUT2D eigenvalue weighted by molar-refractivity contribution is 5.54. The third-order valence-electron chi connectivity index (χ3n) is 4.22. The lowest BCUT2D eigenvalue weighted by Gasteiger charge is -2.26. The second-order valence-corrected chi connectivity index (χ2v) is 5.90. The second-order valence-electron chi connectivity index (χ2n) is 5.90. The summed E-state index contributed by atoms with van der Waals surface area (Å²) in [6.45, 7) is 5.18. The summed E-state index contributed by atoms with van der Waals surface area (Å²) in [5, 5.41) is 16.8. The Morgan fingerprint density at radius 1 is 1.47 bits per heavy atom. The molecule has 0 bridgehead atoms. The van der Waals surface area contributed by atoms with Crippen molar-refractivity contribution in [3.63, 3.8) is 0 Å². The zero-order chi connectivity index (χ0) is 13.8. The molecule has 0 radical (unpaired) electrons. The molecule has 1 aliphatic rings. The van der Waals surface area contributed by atoms with Crippen LogP contribution in [0.1, 0.15) is 50.3 Å². The van der Waals surface area contributed by atoms with Crippen molar-refractivity contribution in [3.8, 4) is 6.07 Å². The van der Waals surface area contributed by atoms with Crippen LogP contribution in [0.3, 0.4) is 0 Å². The number of hydrogen-bond donors (Lipinski definition) is 1. The molecule has 0 amide bonds. The lowest BCUT2D eigenvalue weighted by Crippen LogP contribution is -2.17. The van der Waals surface area contributed by atoms with E-state index in [2.05, 4.69) is 23.4 Å². The van der Waals surface area contributed by atoms with E-state index >= 15 is 0 Å². The molecule has 1 heterocycles. The maximum Gasteiger partial charge on any atom is 0.142 e. The summed E-state index contributed by atoms with van der Waals surface area (Å²) in [6, 6.07) is 2.23. The molecule has 1 N–H and O–H groups in total. The largest absolute Gasteiger partial charge is 0.369 e. The topological polar surface area (TPSA) is 53.6 Å². The molecular formula is C15H24N4. The van der Waals surface area contributed by atoms with E-state index < -0.39 is 0 Å². The first-order chi connectivity index (χ1) is 9.11. The predicted molar refractivity (Wildman–Crippen MR) is 76.9 cm³/mol. The Morgan fingerprint density at radius 3 is 2.95 bits per heavy atom. The van der Waals surface area contributed by atoms with Gasteiger partial charge in [-0.05, 0) is 31.6 Å². The van der Waals surface area contributed by atoms with Gasteiger partial charge in [-0.15, -0.1) is 0 Å². The summed E-state index contributed by atoms with van der Waals surface area (Å²) < 4.78 is 1.78. The van der Waals surface area contributed by atoms with Crippen LogP contribution in [0, 0.1) is 30.1 Å². The van der Waals surface area contributed by atoms with Gasteiger partial charge in [0.05, 0.1) is 5.69 Å². The minimum Gasteiger partial charge on any atom is -0.369 e. The van der Waals surface area contributed by atoms with E-state index in [0.29, 0.717) is 5.56 Å². The Balaban J connectivity index is 1.87. The molecule has 1 aromatic rings. The first-order valence-electron chi connectivity index (χ1n) is 7.29. The van der Waals surface area contributed by atoms with Gasteiger partial charge in [0.15, 0.2) is 0 Å². The van der Waals surface area contributed by atoms with Gasteiger partial charge >= 0.3 is 0 Å². The van der Waals surface area contributed by atoms with Crippen LogP contribution in [0.25, 0.3) is 0 Å². The summed E-state index contributed by atoms with van der Waals surface area (Å²) in [6.07, 6.45) is 6.68. The molecular weight excluding hydrogens is 236 g/mol. The van der Waals surface area contributed by atoms with Crippen LogP contribution in [0.15, 0.2) is 0 Å². The molecule has 0 aromatic carbocycles. The number of rotatable bonds is 4. The van der Waals surface area contributed by atoms with Crippen molar-refractivity contribution < 1.29 is 0 Å². The molecule has 1 saturated carbocycles. The fourth-order valence-corrected chi connectivity index (χ4v) is 3.21. The van der Waals surface area contributed by atoms with Crippen molar-refractivity contribution in [2.75, 3.05) is 11.9 Å². The van der Waals surface area contributed by atoms with Crippen molar-refractivity contribution in [1.29, 1.82) is 5.26 Å². The van der Waals surface area contributed by atoms with Crippen molar-refractivity contribution >= 4 is 5.82 Å². The van der Waals surface area contributed by atoms with Gasteiger partial charge in [0.2, 0.25) is 0 Å². The van der Waals surface area contributed by atoms with Crippen molar-refractivity contribution in [3.05, 3.63) is 11.3 Å². The highest BCUT2D eigenvalue weighted by atomic mass is 15.3. The molecule has 2 atom stereocenters. The molecule has 1 aromatic heterocycles. The van der Waals surface area contributed by atoms with Gasteiger partial charge in [-0.1, -0.05) is 26.2 Å². The van der Waals surface area contributed by atoms with Crippen LogP contribution < -0.4 is 5.32 Å². The van der Waals surface area contributed by atoms with E-state index in [1.165, 1.54) is 32.1 Å². The van der Waals surface area contributed by atoms with Crippen molar-refractivity contribution in [1.82, 2.24) is 9.78 Å². The van der Waals surface area contributed by atoms with E-state index in [0.717, 1.165) is 29.9 Å². The maximum atomic E-state index is 9.15. The molecule has 4 nitrogen and oxygen atoms in total. The van der Waals surface area contributed by atoms with Gasteiger partial charge in [-0.25, -0.2) is 0 Å². The summed E-state index contributed by atoms with van der Waals surface area (Å²) in [7, 11) is 1.89. The number of aromatic nitrogens is 2. The predicted octanol–water partition coefficient (Wildman–Crippen LogP) is 3.23. The van der Waals surface area contributed by atoms with Gasteiger partial charge in [-0.3, -0.25) is 4.68 Å². The van der Waals surface area contributed by atoms with Crippen LogP contribution in [0.4, 0.5) is 5.82 Å². The molecule has 1 aliphatic carbocycles. The molecule has 2 unspecified atom stereocenters. The van der Waals surface area contributed by atoms with Crippen LogP contribution in [-0.4, -0.2) is 16.3 Å². The zero-order valence-electron chi connectivity index (χ0n) is 12.2.